The van der Waals surface area contributed by atoms with Crippen LogP contribution in [0.1, 0.15) is 12.0 Å². The van der Waals surface area contributed by atoms with Crippen LogP contribution in [-0.2, 0) is 11.2 Å². The third-order valence-electron chi connectivity index (χ3n) is 3.34. The van der Waals surface area contributed by atoms with E-state index >= 15 is 0 Å². The van der Waals surface area contributed by atoms with Gasteiger partial charge in [0.2, 0.25) is 5.95 Å². The van der Waals surface area contributed by atoms with E-state index in [4.69, 9.17) is 9.47 Å². The van der Waals surface area contributed by atoms with Crippen LogP contribution in [0.5, 0.6) is 5.75 Å². The molecule has 1 aromatic carbocycles. The summed E-state index contributed by atoms with van der Waals surface area (Å²) in [5.74, 6) is 2.33. The number of aromatic nitrogens is 2. The zero-order valence-corrected chi connectivity index (χ0v) is 13.7. The van der Waals surface area contributed by atoms with Crippen molar-refractivity contribution in [3.8, 4) is 5.75 Å². The second kappa shape index (κ2) is 9.63. The zero-order valence-electron chi connectivity index (χ0n) is 13.7. The van der Waals surface area contributed by atoms with Crippen molar-refractivity contribution < 1.29 is 9.47 Å². The van der Waals surface area contributed by atoms with E-state index in [1.54, 1.807) is 20.4 Å². The number of ether oxygens (including phenoxy) is 2. The van der Waals surface area contributed by atoms with Gasteiger partial charge in [0.15, 0.2) is 0 Å². The lowest BCUT2D eigenvalue weighted by atomic mass is 10.1. The minimum Gasteiger partial charge on any atom is -0.497 e. The minimum atomic E-state index is 0.634. The van der Waals surface area contributed by atoms with E-state index < -0.39 is 0 Å². The smallest absolute Gasteiger partial charge is 0.224 e. The highest BCUT2D eigenvalue weighted by Gasteiger charge is 2.00. The number of anilines is 2. The highest BCUT2D eigenvalue weighted by molar-refractivity contribution is 5.39. The normalized spacial score (nSPS) is 10.3. The maximum Gasteiger partial charge on any atom is 0.224 e. The van der Waals surface area contributed by atoms with Gasteiger partial charge < -0.3 is 20.1 Å². The van der Waals surface area contributed by atoms with Crippen molar-refractivity contribution in [3.63, 3.8) is 0 Å². The number of benzene rings is 1. The predicted octanol–water partition coefficient (Wildman–Crippen LogP) is 2.59. The molecular formula is C17H24N4O2. The molecule has 0 unspecified atom stereocenters. The first kappa shape index (κ1) is 17.0. The molecule has 0 radical (unpaired) electrons. The molecule has 2 rings (SSSR count). The largest absolute Gasteiger partial charge is 0.497 e. The molecule has 1 aromatic heterocycles. The predicted molar refractivity (Wildman–Crippen MR) is 92.2 cm³/mol. The lowest BCUT2D eigenvalue weighted by Gasteiger charge is -2.08. The molecule has 0 fully saturated rings. The molecule has 6 heteroatoms. The molecule has 0 bridgehead atoms. The van der Waals surface area contributed by atoms with Crippen molar-refractivity contribution in [2.45, 2.75) is 12.8 Å². The summed E-state index contributed by atoms with van der Waals surface area (Å²) in [6, 6.07) is 9.93. The van der Waals surface area contributed by atoms with E-state index in [1.165, 1.54) is 5.56 Å². The molecular weight excluding hydrogens is 292 g/mol. The highest BCUT2D eigenvalue weighted by atomic mass is 16.5. The van der Waals surface area contributed by atoms with Crippen LogP contribution in [0, 0.1) is 0 Å². The SMILES string of the molecule is COCCCNc1ccnc(NCCc2ccc(OC)cc2)n1. The van der Waals surface area contributed by atoms with Crippen LogP contribution in [0.3, 0.4) is 0 Å². The number of hydrogen-bond acceptors (Lipinski definition) is 6. The first-order valence-electron chi connectivity index (χ1n) is 7.74. The van der Waals surface area contributed by atoms with E-state index in [1.807, 2.05) is 18.2 Å². The number of rotatable bonds is 10. The average molecular weight is 316 g/mol. The Labute approximate surface area is 137 Å². The Morgan fingerprint density at radius 1 is 1.00 bits per heavy atom. The maximum atomic E-state index is 5.15. The fourth-order valence-corrected chi connectivity index (χ4v) is 2.09. The summed E-state index contributed by atoms with van der Waals surface area (Å²) in [5.41, 5.74) is 1.24. The van der Waals surface area contributed by atoms with Crippen LogP contribution >= 0.6 is 0 Å². The van der Waals surface area contributed by atoms with Gasteiger partial charge in [0.1, 0.15) is 11.6 Å². The number of methoxy groups -OCH3 is 2. The average Bonchev–Trinajstić information content (AvgIpc) is 2.60. The molecule has 2 aromatic rings. The van der Waals surface area contributed by atoms with Gasteiger partial charge in [-0.3, -0.25) is 0 Å². The molecule has 0 aliphatic carbocycles. The Hall–Kier alpha value is -2.34. The molecule has 0 saturated heterocycles. The van der Waals surface area contributed by atoms with Crippen LogP contribution < -0.4 is 15.4 Å². The minimum absolute atomic E-state index is 0.634. The summed E-state index contributed by atoms with van der Waals surface area (Å²) < 4.78 is 10.2. The van der Waals surface area contributed by atoms with Gasteiger partial charge in [-0.15, -0.1) is 0 Å². The molecule has 0 aliphatic heterocycles. The maximum absolute atomic E-state index is 5.15. The highest BCUT2D eigenvalue weighted by Crippen LogP contribution is 2.12. The van der Waals surface area contributed by atoms with Gasteiger partial charge in [0, 0.05) is 33.0 Å². The van der Waals surface area contributed by atoms with Crippen LogP contribution in [-0.4, -0.2) is 43.9 Å². The first-order chi connectivity index (χ1) is 11.3. The molecule has 23 heavy (non-hydrogen) atoms. The topological polar surface area (TPSA) is 68.3 Å². The van der Waals surface area contributed by atoms with Gasteiger partial charge in [-0.1, -0.05) is 12.1 Å². The van der Waals surface area contributed by atoms with E-state index in [-0.39, 0.29) is 0 Å². The van der Waals surface area contributed by atoms with E-state index in [9.17, 15) is 0 Å². The lowest BCUT2D eigenvalue weighted by Crippen LogP contribution is -2.10. The summed E-state index contributed by atoms with van der Waals surface area (Å²) in [7, 11) is 3.37. The van der Waals surface area contributed by atoms with E-state index in [2.05, 4.69) is 32.7 Å². The molecule has 1 heterocycles. The van der Waals surface area contributed by atoms with Crippen LogP contribution in [0.4, 0.5) is 11.8 Å². The molecule has 124 valence electrons. The number of nitrogens with zero attached hydrogens (tertiary/aromatic N) is 2. The van der Waals surface area contributed by atoms with Crippen molar-refractivity contribution >= 4 is 11.8 Å². The Morgan fingerprint density at radius 2 is 1.83 bits per heavy atom. The van der Waals surface area contributed by atoms with Crippen molar-refractivity contribution in [2.75, 3.05) is 44.5 Å². The van der Waals surface area contributed by atoms with Crippen LogP contribution in [0.25, 0.3) is 0 Å². The Balaban J connectivity index is 1.76. The fourth-order valence-electron chi connectivity index (χ4n) is 2.09. The molecule has 0 amide bonds. The molecule has 0 atom stereocenters. The third-order valence-corrected chi connectivity index (χ3v) is 3.34. The first-order valence-corrected chi connectivity index (χ1v) is 7.74. The van der Waals surface area contributed by atoms with Crippen molar-refractivity contribution in [1.29, 1.82) is 0 Å². The molecule has 2 N–H and O–H groups in total. The number of hydrogen-bond donors (Lipinski definition) is 2. The van der Waals surface area contributed by atoms with Gasteiger partial charge in [-0.2, -0.15) is 4.98 Å². The zero-order chi connectivity index (χ0) is 16.3. The summed E-state index contributed by atoms with van der Waals surface area (Å²) in [4.78, 5) is 8.67. The standard InChI is InChI=1S/C17H24N4O2/c1-22-13-3-10-18-16-9-12-20-17(21-16)19-11-8-14-4-6-15(23-2)7-5-14/h4-7,9,12H,3,8,10-11,13H2,1-2H3,(H2,18,19,20,21). The van der Waals surface area contributed by atoms with E-state index in [0.717, 1.165) is 44.1 Å². The van der Waals surface area contributed by atoms with Crippen molar-refractivity contribution in [2.24, 2.45) is 0 Å². The van der Waals surface area contributed by atoms with Crippen molar-refractivity contribution in [3.05, 3.63) is 42.1 Å². The molecule has 0 spiro atoms. The second-order valence-corrected chi connectivity index (χ2v) is 5.06. The monoisotopic (exact) mass is 316 g/mol. The summed E-state index contributed by atoms with van der Waals surface area (Å²) in [5, 5.41) is 6.50. The van der Waals surface area contributed by atoms with Gasteiger partial charge in [0.25, 0.3) is 0 Å². The van der Waals surface area contributed by atoms with Gasteiger partial charge in [-0.25, -0.2) is 4.98 Å². The quantitative estimate of drug-likeness (QED) is 0.657. The van der Waals surface area contributed by atoms with Crippen LogP contribution in [0.15, 0.2) is 36.5 Å². The molecule has 0 saturated carbocycles. The van der Waals surface area contributed by atoms with Gasteiger partial charge in [-0.05, 0) is 36.6 Å². The lowest BCUT2D eigenvalue weighted by molar-refractivity contribution is 0.198. The molecule has 0 aliphatic rings. The molecule has 6 nitrogen and oxygen atoms in total. The summed E-state index contributed by atoms with van der Waals surface area (Å²) in [6.07, 6.45) is 3.60. The Morgan fingerprint density at radius 3 is 2.57 bits per heavy atom. The Kier molecular flexibility index (Phi) is 7.13. The number of nitrogens with one attached hydrogen (secondary N) is 2. The van der Waals surface area contributed by atoms with E-state index in [0.29, 0.717) is 5.95 Å². The Bertz CT molecular complexity index is 575. The van der Waals surface area contributed by atoms with Crippen molar-refractivity contribution in [1.82, 2.24) is 9.97 Å². The van der Waals surface area contributed by atoms with Gasteiger partial charge in [0.05, 0.1) is 7.11 Å². The third kappa shape index (κ3) is 6.12. The summed E-state index contributed by atoms with van der Waals surface area (Å²) >= 11 is 0. The van der Waals surface area contributed by atoms with Crippen LogP contribution in [0.2, 0.25) is 0 Å². The fraction of sp³-hybridized carbons (Fsp3) is 0.412. The second-order valence-electron chi connectivity index (χ2n) is 5.06. The van der Waals surface area contributed by atoms with Gasteiger partial charge >= 0.3 is 0 Å². The summed E-state index contributed by atoms with van der Waals surface area (Å²) in [6.45, 7) is 2.35.